The monoisotopic (exact) mass is 216 g/mol. The van der Waals surface area contributed by atoms with Crippen LogP contribution in [0.4, 0.5) is 0 Å². The van der Waals surface area contributed by atoms with Gasteiger partial charge in [0.2, 0.25) is 5.75 Å². The van der Waals surface area contributed by atoms with E-state index in [1.807, 2.05) is 30.3 Å². The van der Waals surface area contributed by atoms with Crippen molar-refractivity contribution in [2.45, 2.75) is 0 Å². The van der Waals surface area contributed by atoms with E-state index >= 15 is 0 Å². The summed E-state index contributed by atoms with van der Waals surface area (Å²) in [5.41, 5.74) is 1.67. The number of hydrogen-bond donors (Lipinski definition) is 2. The van der Waals surface area contributed by atoms with Crippen LogP contribution in [0, 0.1) is 0 Å². The van der Waals surface area contributed by atoms with Crippen LogP contribution in [0.25, 0.3) is 11.1 Å². The van der Waals surface area contributed by atoms with E-state index in [2.05, 4.69) is 0 Å². The maximum atomic E-state index is 9.65. The molecule has 0 spiro atoms. The Morgan fingerprint density at radius 2 is 1.44 bits per heavy atom. The lowest BCUT2D eigenvalue weighted by Crippen LogP contribution is -1.86. The standard InChI is InChI=1S/C13H12O3/c1-16-13-11(14)7-10(8-12(13)15)9-5-3-2-4-6-9/h2-8,14-15H,1H3. The fourth-order valence-corrected chi connectivity index (χ4v) is 1.60. The van der Waals surface area contributed by atoms with Crippen LogP contribution in [0.1, 0.15) is 0 Å². The third-order valence-electron chi connectivity index (χ3n) is 2.36. The van der Waals surface area contributed by atoms with Crippen LogP contribution in [-0.2, 0) is 0 Å². The molecule has 16 heavy (non-hydrogen) atoms. The minimum absolute atomic E-state index is 0.0682. The molecule has 0 unspecified atom stereocenters. The minimum Gasteiger partial charge on any atom is -0.504 e. The summed E-state index contributed by atoms with van der Waals surface area (Å²) in [6.07, 6.45) is 0. The second-order valence-corrected chi connectivity index (χ2v) is 3.41. The molecule has 0 saturated carbocycles. The Morgan fingerprint density at radius 1 is 0.875 bits per heavy atom. The number of aromatic hydroxyl groups is 2. The first-order chi connectivity index (χ1) is 7.72. The SMILES string of the molecule is COc1c(O)cc(-c2ccccc2)cc1O. The molecular weight excluding hydrogens is 204 g/mol. The molecule has 0 amide bonds. The van der Waals surface area contributed by atoms with Crippen LogP contribution in [0.2, 0.25) is 0 Å². The van der Waals surface area contributed by atoms with Gasteiger partial charge in [-0.2, -0.15) is 0 Å². The fourth-order valence-electron chi connectivity index (χ4n) is 1.60. The maximum Gasteiger partial charge on any atom is 0.202 e. The predicted molar refractivity (Wildman–Crippen MR) is 61.8 cm³/mol. The van der Waals surface area contributed by atoms with Crippen molar-refractivity contribution in [1.82, 2.24) is 0 Å². The van der Waals surface area contributed by atoms with Gasteiger partial charge in [-0.3, -0.25) is 0 Å². The van der Waals surface area contributed by atoms with Gasteiger partial charge >= 0.3 is 0 Å². The predicted octanol–water partition coefficient (Wildman–Crippen LogP) is 2.77. The lowest BCUT2D eigenvalue weighted by Gasteiger charge is -2.08. The van der Waals surface area contributed by atoms with Gasteiger partial charge in [-0.05, 0) is 23.3 Å². The average molecular weight is 216 g/mol. The molecule has 0 bridgehead atoms. The van der Waals surface area contributed by atoms with Crippen molar-refractivity contribution in [3.05, 3.63) is 42.5 Å². The summed E-state index contributed by atoms with van der Waals surface area (Å²) >= 11 is 0. The highest BCUT2D eigenvalue weighted by Gasteiger charge is 2.10. The van der Waals surface area contributed by atoms with Gasteiger partial charge in [-0.15, -0.1) is 0 Å². The molecule has 2 rings (SSSR count). The summed E-state index contributed by atoms with van der Waals surface area (Å²) in [5.74, 6) is -0.0395. The summed E-state index contributed by atoms with van der Waals surface area (Å²) in [4.78, 5) is 0. The normalized spacial score (nSPS) is 10.1. The Hall–Kier alpha value is -2.16. The first-order valence-corrected chi connectivity index (χ1v) is 4.87. The zero-order valence-electron chi connectivity index (χ0n) is 8.84. The van der Waals surface area contributed by atoms with Gasteiger partial charge in [0.05, 0.1) is 7.11 Å². The smallest absolute Gasteiger partial charge is 0.202 e. The molecule has 3 heteroatoms. The van der Waals surface area contributed by atoms with E-state index in [1.165, 1.54) is 7.11 Å². The van der Waals surface area contributed by atoms with Crippen molar-refractivity contribution in [3.8, 4) is 28.4 Å². The van der Waals surface area contributed by atoms with Crippen molar-refractivity contribution >= 4 is 0 Å². The first kappa shape index (κ1) is 10.4. The molecule has 0 aromatic heterocycles. The molecule has 0 saturated heterocycles. The Labute approximate surface area is 93.6 Å². The highest BCUT2D eigenvalue weighted by Crippen LogP contribution is 2.39. The van der Waals surface area contributed by atoms with Gasteiger partial charge < -0.3 is 14.9 Å². The number of rotatable bonds is 2. The van der Waals surface area contributed by atoms with Crippen LogP contribution < -0.4 is 4.74 Å². The number of phenolic OH excluding ortho intramolecular Hbond substituents is 2. The summed E-state index contributed by atoms with van der Waals surface area (Å²) < 4.78 is 4.87. The van der Waals surface area contributed by atoms with Gasteiger partial charge in [0.15, 0.2) is 11.5 Å². The van der Waals surface area contributed by atoms with Gasteiger partial charge in [0, 0.05) is 0 Å². The van der Waals surface area contributed by atoms with Crippen molar-refractivity contribution in [3.63, 3.8) is 0 Å². The van der Waals surface area contributed by atoms with Crippen molar-refractivity contribution in [2.24, 2.45) is 0 Å². The molecule has 0 radical (unpaired) electrons. The Kier molecular flexibility index (Phi) is 2.68. The van der Waals surface area contributed by atoms with Gasteiger partial charge in [0.1, 0.15) is 0 Å². The van der Waals surface area contributed by atoms with Crippen molar-refractivity contribution < 1.29 is 14.9 Å². The quantitative estimate of drug-likeness (QED) is 0.811. The number of phenols is 2. The average Bonchev–Trinajstić information content (AvgIpc) is 2.30. The van der Waals surface area contributed by atoms with E-state index in [-0.39, 0.29) is 17.2 Å². The summed E-state index contributed by atoms with van der Waals surface area (Å²) in [5, 5.41) is 19.3. The van der Waals surface area contributed by atoms with Crippen LogP contribution in [-0.4, -0.2) is 17.3 Å². The van der Waals surface area contributed by atoms with Crippen LogP contribution in [0.5, 0.6) is 17.2 Å². The van der Waals surface area contributed by atoms with Crippen molar-refractivity contribution in [1.29, 1.82) is 0 Å². The van der Waals surface area contributed by atoms with E-state index in [4.69, 9.17) is 4.74 Å². The molecular formula is C13H12O3. The number of benzene rings is 2. The van der Waals surface area contributed by atoms with E-state index < -0.39 is 0 Å². The molecule has 0 aliphatic carbocycles. The summed E-state index contributed by atoms with van der Waals surface area (Å²) in [6, 6.07) is 12.6. The summed E-state index contributed by atoms with van der Waals surface area (Å²) in [6.45, 7) is 0. The van der Waals surface area contributed by atoms with Crippen LogP contribution >= 0.6 is 0 Å². The van der Waals surface area contributed by atoms with Gasteiger partial charge in [0.25, 0.3) is 0 Å². The minimum atomic E-state index is -0.0682. The molecule has 0 fully saturated rings. The molecule has 0 aliphatic heterocycles. The molecule has 0 atom stereocenters. The lowest BCUT2D eigenvalue weighted by atomic mass is 10.0. The topological polar surface area (TPSA) is 49.7 Å². The van der Waals surface area contributed by atoms with Crippen LogP contribution in [0.15, 0.2) is 42.5 Å². The second kappa shape index (κ2) is 4.14. The first-order valence-electron chi connectivity index (χ1n) is 4.87. The highest BCUT2D eigenvalue weighted by atomic mass is 16.5. The third-order valence-corrected chi connectivity index (χ3v) is 2.36. The number of hydrogen-bond acceptors (Lipinski definition) is 3. The molecule has 82 valence electrons. The fraction of sp³-hybridized carbons (Fsp3) is 0.0769. The molecule has 3 nitrogen and oxygen atoms in total. The van der Waals surface area contributed by atoms with E-state index in [0.717, 1.165) is 11.1 Å². The third kappa shape index (κ3) is 1.80. The highest BCUT2D eigenvalue weighted by molar-refractivity contribution is 5.70. The largest absolute Gasteiger partial charge is 0.504 e. The Balaban J connectivity index is 2.53. The molecule has 2 aromatic rings. The van der Waals surface area contributed by atoms with Gasteiger partial charge in [-0.25, -0.2) is 0 Å². The van der Waals surface area contributed by atoms with Crippen LogP contribution in [0.3, 0.4) is 0 Å². The zero-order chi connectivity index (χ0) is 11.5. The van der Waals surface area contributed by atoms with Crippen molar-refractivity contribution in [2.75, 3.05) is 7.11 Å². The molecule has 0 aliphatic rings. The number of methoxy groups -OCH3 is 1. The Morgan fingerprint density at radius 3 is 1.94 bits per heavy atom. The molecule has 0 heterocycles. The Bertz CT molecular complexity index is 469. The van der Waals surface area contributed by atoms with E-state index in [9.17, 15) is 10.2 Å². The second-order valence-electron chi connectivity index (χ2n) is 3.41. The van der Waals surface area contributed by atoms with Gasteiger partial charge in [-0.1, -0.05) is 30.3 Å². The maximum absolute atomic E-state index is 9.65. The molecule has 2 aromatic carbocycles. The molecule has 2 N–H and O–H groups in total. The van der Waals surface area contributed by atoms with E-state index in [0.29, 0.717) is 0 Å². The lowest BCUT2D eigenvalue weighted by molar-refractivity contribution is 0.345. The summed E-state index contributed by atoms with van der Waals surface area (Å²) in [7, 11) is 1.40. The zero-order valence-corrected chi connectivity index (χ0v) is 8.84. The van der Waals surface area contributed by atoms with E-state index in [1.54, 1.807) is 12.1 Å². The number of ether oxygens (including phenoxy) is 1.